The van der Waals surface area contributed by atoms with Gasteiger partial charge in [-0.2, -0.15) is 10.2 Å². The van der Waals surface area contributed by atoms with Gasteiger partial charge in [0.2, 0.25) is 5.91 Å². The molecule has 2 aliphatic heterocycles. The Hall–Kier alpha value is -4.24. The molecule has 9 nitrogen and oxygen atoms in total. The molecule has 1 atom stereocenters. The Balaban J connectivity index is 1.24. The Bertz CT molecular complexity index is 1630. The van der Waals surface area contributed by atoms with Crippen molar-refractivity contribution in [2.45, 2.75) is 25.3 Å². The number of carbonyl (C=O) groups is 1. The third-order valence-electron chi connectivity index (χ3n) is 7.95. The van der Waals surface area contributed by atoms with Gasteiger partial charge in [0.15, 0.2) is 5.82 Å². The first-order valence-corrected chi connectivity index (χ1v) is 13.3. The van der Waals surface area contributed by atoms with Crippen LogP contribution in [-0.4, -0.2) is 61.4 Å². The number of amides is 1. The minimum absolute atomic E-state index is 0.111. The molecule has 1 amide bonds. The highest BCUT2D eigenvalue weighted by atomic mass is 16.2. The molecule has 192 valence electrons. The van der Waals surface area contributed by atoms with Crippen molar-refractivity contribution in [2.75, 3.05) is 31.9 Å². The second kappa shape index (κ2) is 9.25. The largest absolute Gasteiger partial charge is 0.382 e. The second-order valence-electron chi connectivity index (χ2n) is 10.5. The number of nitrogens with two attached hydrogens (primary N) is 1. The number of aromatic nitrogens is 5. The van der Waals surface area contributed by atoms with Crippen LogP contribution in [0.2, 0.25) is 0 Å². The number of nitrogens with zero attached hydrogens (tertiary/aromatic N) is 6. The zero-order chi connectivity index (χ0) is 25.6. The Labute approximate surface area is 220 Å². The molecule has 2 fully saturated rings. The minimum Gasteiger partial charge on any atom is -0.382 e. The first kappa shape index (κ1) is 22.9. The zero-order valence-electron chi connectivity index (χ0n) is 21.1. The smallest absolute Gasteiger partial charge is 0.228 e. The van der Waals surface area contributed by atoms with Crippen LogP contribution in [-0.2, 0) is 11.3 Å². The van der Waals surface area contributed by atoms with E-state index in [1.165, 1.54) is 11.9 Å². The van der Waals surface area contributed by atoms with E-state index in [1.807, 2.05) is 32.3 Å². The molecule has 5 heterocycles. The summed E-state index contributed by atoms with van der Waals surface area (Å²) in [6.07, 6.45) is 5.57. The first-order valence-electron chi connectivity index (χ1n) is 13.3. The predicted octanol–water partition coefficient (Wildman–Crippen LogP) is 3.30. The van der Waals surface area contributed by atoms with Crippen molar-refractivity contribution >= 4 is 28.1 Å². The van der Waals surface area contributed by atoms with Crippen molar-refractivity contribution in [1.82, 2.24) is 34.6 Å². The molecule has 0 aliphatic carbocycles. The summed E-state index contributed by atoms with van der Waals surface area (Å²) in [6.45, 7) is 3.81. The molecule has 38 heavy (non-hydrogen) atoms. The quantitative estimate of drug-likeness (QED) is 0.379. The number of nitrogen functional groups attached to an aromatic ring is 1. The molecule has 5 aromatic rings. The van der Waals surface area contributed by atoms with Gasteiger partial charge in [-0.3, -0.25) is 9.48 Å². The lowest BCUT2D eigenvalue weighted by molar-refractivity contribution is -0.138. The Morgan fingerprint density at radius 1 is 1.11 bits per heavy atom. The summed E-state index contributed by atoms with van der Waals surface area (Å²) < 4.78 is 3.91. The van der Waals surface area contributed by atoms with Crippen LogP contribution >= 0.6 is 0 Å². The number of piperidine rings is 1. The Morgan fingerprint density at radius 3 is 2.79 bits per heavy atom. The number of carbonyl (C=O) groups excluding carboxylic acids is 1. The molecule has 2 aromatic carbocycles. The first-order chi connectivity index (χ1) is 18.6. The van der Waals surface area contributed by atoms with E-state index in [2.05, 4.69) is 58.0 Å². The molecule has 0 saturated carbocycles. The minimum atomic E-state index is 0.111. The predicted molar refractivity (Wildman–Crippen MR) is 147 cm³/mol. The van der Waals surface area contributed by atoms with Crippen molar-refractivity contribution in [3.63, 3.8) is 0 Å². The summed E-state index contributed by atoms with van der Waals surface area (Å²) in [5, 5.41) is 13.8. The zero-order valence-corrected chi connectivity index (χ0v) is 21.1. The lowest BCUT2D eigenvalue weighted by Crippen LogP contribution is -2.53. The summed E-state index contributed by atoms with van der Waals surface area (Å²) in [5.74, 6) is 1.00. The van der Waals surface area contributed by atoms with Gasteiger partial charge < -0.3 is 16.0 Å². The fourth-order valence-electron chi connectivity index (χ4n) is 5.83. The number of benzene rings is 2. The maximum atomic E-state index is 13.0. The van der Waals surface area contributed by atoms with Gasteiger partial charge in [-0.25, -0.2) is 9.50 Å². The molecule has 0 spiro atoms. The van der Waals surface area contributed by atoms with E-state index in [9.17, 15) is 4.79 Å². The fraction of sp³-hybridized carbons (Fsp3) is 0.310. The number of anilines is 1. The third kappa shape index (κ3) is 3.99. The molecule has 9 heteroatoms. The maximum absolute atomic E-state index is 13.0. The molecular formula is C29H30N8O. The third-order valence-corrected chi connectivity index (χ3v) is 7.95. The molecule has 3 N–H and O–H groups in total. The van der Waals surface area contributed by atoms with Gasteiger partial charge in [0.1, 0.15) is 11.8 Å². The van der Waals surface area contributed by atoms with E-state index in [4.69, 9.17) is 10.8 Å². The standard InChI is InChI=1S/C29H30N8O/c30-28-27-24(20-8-9-21-17-36(34-25(21)11-20)15-19-5-2-1-3-6-19)12-26(37(27)33-18-32-28)22-7-4-10-35(16-22)29(38)23-13-31-14-23/h1-3,5-6,8-9,11-12,17-18,22-23,31H,4,7,10,13-16H2,(H2,30,32,33). The number of fused-ring (bicyclic) bond motifs is 2. The normalized spacial score (nSPS) is 18.2. The number of hydrogen-bond donors (Lipinski definition) is 2. The van der Waals surface area contributed by atoms with E-state index in [-0.39, 0.29) is 17.7 Å². The summed E-state index contributed by atoms with van der Waals surface area (Å²) in [5.41, 5.74) is 12.4. The van der Waals surface area contributed by atoms with Gasteiger partial charge in [-0.15, -0.1) is 0 Å². The van der Waals surface area contributed by atoms with Crippen LogP contribution in [0.25, 0.3) is 27.5 Å². The van der Waals surface area contributed by atoms with Crippen LogP contribution in [0, 0.1) is 5.92 Å². The number of rotatable bonds is 5. The summed E-state index contributed by atoms with van der Waals surface area (Å²) >= 11 is 0. The van der Waals surface area contributed by atoms with Crippen LogP contribution in [0.5, 0.6) is 0 Å². The number of nitrogens with one attached hydrogen (secondary N) is 1. The van der Waals surface area contributed by atoms with E-state index < -0.39 is 0 Å². The topological polar surface area (TPSA) is 106 Å². The van der Waals surface area contributed by atoms with Crippen LogP contribution in [0.4, 0.5) is 5.82 Å². The average molecular weight is 507 g/mol. The number of hydrogen-bond acceptors (Lipinski definition) is 6. The van der Waals surface area contributed by atoms with Crippen molar-refractivity contribution in [2.24, 2.45) is 5.92 Å². The van der Waals surface area contributed by atoms with Gasteiger partial charge in [0.25, 0.3) is 0 Å². The van der Waals surface area contributed by atoms with E-state index in [0.29, 0.717) is 12.4 Å². The SMILES string of the molecule is Nc1ncnn2c(C3CCCN(C(=O)C4CNC4)C3)cc(-c3ccc4cn(Cc5ccccc5)nc4c3)c12. The van der Waals surface area contributed by atoms with Gasteiger partial charge in [0.05, 0.1) is 18.0 Å². The Morgan fingerprint density at radius 2 is 1.97 bits per heavy atom. The van der Waals surface area contributed by atoms with Crippen molar-refractivity contribution < 1.29 is 4.79 Å². The van der Waals surface area contributed by atoms with Crippen molar-refractivity contribution in [3.8, 4) is 11.1 Å². The van der Waals surface area contributed by atoms with Crippen molar-refractivity contribution in [1.29, 1.82) is 0 Å². The molecule has 0 bridgehead atoms. The van der Waals surface area contributed by atoms with Gasteiger partial charge in [0, 0.05) is 54.9 Å². The Kier molecular flexibility index (Phi) is 5.58. The van der Waals surface area contributed by atoms with Crippen LogP contribution in [0.15, 0.2) is 67.1 Å². The fourth-order valence-corrected chi connectivity index (χ4v) is 5.83. The molecule has 3 aromatic heterocycles. The highest BCUT2D eigenvalue weighted by molar-refractivity contribution is 5.92. The summed E-state index contributed by atoms with van der Waals surface area (Å²) in [7, 11) is 0. The molecule has 1 unspecified atom stereocenters. The van der Waals surface area contributed by atoms with Gasteiger partial charge >= 0.3 is 0 Å². The lowest BCUT2D eigenvalue weighted by Gasteiger charge is -2.37. The highest BCUT2D eigenvalue weighted by Crippen LogP contribution is 2.37. The average Bonchev–Trinajstić information content (AvgIpc) is 3.50. The van der Waals surface area contributed by atoms with E-state index in [1.54, 1.807) is 0 Å². The summed E-state index contributed by atoms with van der Waals surface area (Å²) in [6, 6.07) is 18.9. The van der Waals surface area contributed by atoms with E-state index in [0.717, 1.165) is 72.3 Å². The van der Waals surface area contributed by atoms with Gasteiger partial charge in [-0.05, 0) is 36.1 Å². The van der Waals surface area contributed by atoms with Gasteiger partial charge in [-0.1, -0.05) is 42.5 Å². The molecule has 0 radical (unpaired) electrons. The van der Waals surface area contributed by atoms with Crippen molar-refractivity contribution in [3.05, 3.63) is 78.4 Å². The molecule has 7 rings (SSSR count). The monoisotopic (exact) mass is 506 g/mol. The molecular weight excluding hydrogens is 476 g/mol. The molecule has 2 aliphatic rings. The van der Waals surface area contributed by atoms with E-state index >= 15 is 0 Å². The maximum Gasteiger partial charge on any atom is 0.228 e. The lowest BCUT2D eigenvalue weighted by atomic mass is 9.92. The van der Waals surface area contributed by atoms with Crippen LogP contribution in [0.1, 0.15) is 30.0 Å². The van der Waals surface area contributed by atoms with Crippen LogP contribution < -0.4 is 11.1 Å². The van der Waals surface area contributed by atoms with Crippen LogP contribution in [0.3, 0.4) is 0 Å². The highest BCUT2D eigenvalue weighted by Gasteiger charge is 2.34. The number of likely N-dealkylation sites (tertiary alicyclic amines) is 1. The molecule has 2 saturated heterocycles. The second-order valence-corrected chi connectivity index (χ2v) is 10.5. The summed E-state index contributed by atoms with van der Waals surface area (Å²) in [4.78, 5) is 19.3.